The Morgan fingerprint density at radius 2 is 1.50 bits per heavy atom. The molecule has 0 atom stereocenters. The van der Waals surface area contributed by atoms with Crippen LogP contribution in [0.4, 0.5) is 11.4 Å². The number of anilines is 1. The number of rotatable bonds is 11. The van der Waals surface area contributed by atoms with Gasteiger partial charge in [-0.25, -0.2) is 0 Å². The van der Waals surface area contributed by atoms with Crippen molar-refractivity contribution in [2.45, 2.75) is 65.2 Å². The van der Waals surface area contributed by atoms with E-state index in [4.69, 9.17) is 21.1 Å². The van der Waals surface area contributed by atoms with Crippen LogP contribution in [0.25, 0.3) is 0 Å². The summed E-state index contributed by atoms with van der Waals surface area (Å²) in [6, 6.07) is 13.6. The van der Waals surface area contributed by atoms with E-state index in [-0.39, 0.29) is 10.8 Å². The van der Waals surface area contributed by atoms with Gasteiger partial charge in [0.15, 0.2) is 12.3 Å². The SMILES string of the molecule is COCCCN1/C(=C/C=C2\C=CC(/C=C/C3=[N+](CCCOC)c4ccc(C)cc4C3(C)C)=C2Cl)C(C)(C)c2cc(C)ccc21. The third-order valence-corrected chi connectivity index (χ3v) is 9.78. The minimum absolute atomic E-state index is 0.114. The summed E-state index contributed by atoms with van der Waals surface area (Å²) >= 11 is 7.05. The molecule has 2 aromatic rings. The number of ether oxygens (including phenoxy) is 2. The van der Waals surface area contributed by atoms with Crippen molar-refractivity contribution in [3.63, 3.8) is 0 Å². The van der Waals surface area contributed by atoms with E-state index in [1.54, 1.807) is 14.2 Å². The summed E-state index contributed by atoms with van der Waals surface area (Å²) in [5.74, 6) is 0. The molecule has 5 rings (SSSR count). The number of benzene rings is 2. The Morgan fingerprint density at radius 3 is 2.23 bits per heavy atom. The van der Waals surface area contributed by atoms with Crippen molar-refractivity contribution in [3.8, 4) is 0 Å². The van der Waals surface area contributed by atoms with E-state index < -0.39 is 0 Å². The highest BCUT2D eigenvalue weighted by Gasteiger charge is 2.44. The van der Waals surface area contributed by atoms with Crippen molar-refractivity contribution in [1.29, 1.82) is 0 Å². The van der Waals surface area contributed by atoms with Gasteiger partial charge in [-0.1, -0.05) is 73.0 Å². The number of hydrogen-bond acceptors (Lipinski definition) is 3. The quantitative estimate of drug-likeness (QED) is 0.187. The highest BCUT2D eigenvalue weighted by Crippen LogP contribution is 2.48. The third kappa shape index (κ3) is 6.05. The fourth-order valence-electron chi connectivity index (χ4n) is 6.88. The Labute approximate surface area is 269 Å². The number of allylic oxidation sites excluding steroid dienone is 10. The molecule has 0 bridgehead atoms. The van der Waals surface area contributed by atoms with Crippen LogP contribution in [0, 0.1) is 13.8 Å². The van der Waals surface area contributed by atoms with Crippen LogP contribution in [0.15, 0.2) is 94.7 Å². The maximum absolute atomic E-state index is 7.05. The number of hydrogen-bond donors (Lipinski definition) is 0. The normalized spacial score (nSPS) is 20.2. The summed E-state index contributed by atoms with van der Waals surface area (Å²) in [5, 5.41) is 0.781. The van der Waals surface area contributed by atoms with Gasteiger partial charge in [-0.15, -0.1) is 0 Å². The number of halogens is 1. The highest BCUT2D eigenvalue weighted by atomic mass is 35.5. The summed E-state index contributed by atoms with van der Waals surface area (Å²) in [6.45, 7) is 16.9. The summed E-state index contributed by atoms with van der Waals surface area (Å²) in [7, 11) is 3.54. The lowest BCUT2D eigenvalue weighted by Crippen LogP contribution is -2.28. The third-order valence-electron chi connectivity index (χ3n) is 9.35. The van der Waals surface area contributed by atoms with Gasteiger partial charge in [0, 0.05) is 68.3 Å². The van der Waals surface area contributed by atoms with Crippen molar-refractivity contribution < 1.29 is 14.0 Å². The van der Waals surface area contributed by atoms with Crippen LogP contribution >= 0.6 is 11.6 Å². The van der Waals surface area contributed by atoms with Crippen molar-refractivity contribution in [2.24, 2.45) is 0 Å². The minimum atomic E-state index is -0.114. The average molecular weight is 612 g/mol. The van der Waals surface area contributed by atoms with Crippen LogP contribution in [-0.4, -0.2) is 50.8 Å². The Balaban J connectivity index is 1.46. The molecule has 0 radical (unpaired) electrons. The molecule has 4 nitrogen and oxygen atoms in total. The van der Waals surface area contributed by atoms with E-state index in [9.17, 15) is 0 Å². The average Bonchev–Trinajstić information content (AvgIpc) is 3.51. The van der Waals surface area contributed by atoms with Gasteiger partial charge in [0.1, 0.15) is 0 Å². The first kappa shape index (κ1) is 32.2. The first-order valence-electron chi connectivity index (χ1n) is 15.8. The van der Waals surface area contributed by atoms with Crippen molar-refractivity contribution in [2.75, 3.05) is 45.4 Å². The number of aryl methyl sites for hydroxylation is 2. The van der Waals surface area contributed by atoms with Gasteiger partial charge in [0.25, 0.3) is 0 Å². The monoisotopic (exact) mass is 611 g/mol. The molecule has 2 heterocycles. The molecule has 0 fully saturated rings. The Morgan fingerprint density at radius 1 is 0.818 bits per heavy atom. The molecule has 1 aliphatic carbocycles. The summed E-state index contributed by atoms with van der Waals surface area (Å²) in [5.41, 5.74) is 12.3. The van der Waals surface area contributed by atoms with Gasteiger partial charge < -0.3 is 14.4 Å². The molecule has 0 N–H and O–H groups in total. The van der Waals surface area contributed by atoms with E-state index in [0.717, 1.165) is 55.3 Å². The largest absolute Gasteiger partial charge is 0.385 e. The Bertz CT molecular complexity index is 1620. The van der Waals surface area contributed by atoms with Crippen LogP contribution in [0.2, 0.25) is 0 Å². The molecule has 5 heteroatoms. The molecule has 2 aromatic carbocycles. The van der Waals surface area contributed by atoms with Gasteiger partial charge in [0.2, 0.25) is 5.69 Å². The molecule has 0 spiro atoms. The lowest BCUT2D eigenvalue weighted by molar-refractivity contribution is -0.438. The lowest BCUT2D eigenvalue weighted by atomic mass is 9.81. The number of fused-ring (bicyclic) bond motifs is 2. The van der Waals surface area contributed by atoms with Crippen LogP contribution < -0.4 is 4.90 Å². The molecule has 2 aliphatic heterocycles. The molecule has 3 aliphatic rings. The molecule has 0 aromatic heterocycles. The lowest BCUT2D eigenvalue weighted by Gasteiger charge is -2.27. The molecule has 44 heavy (non-hydrogen) atoms. The van der Waals surface area contributed by atoms with Crippen LogP contribution in [0.3, 0.4) is 0 Å². The smallest absolute Gasteiger partial charge is 0.209 e. The van der Waals surface area contributed by atoms with Crippen molar-refractivity contribution in [1.82, 2.24) is 0 Å². The highest BCUT2D eigenvalue weighted by molar-refractivity contribution is 6.33. The van der Waals surface area contributed by atoms with Gasteiger partial charge in [-0.2, -0.15) is 4.58 Å². The molecule has 0 unspecified atom stereocenters. The van der Waals surface area contributed by atoms with E-state index in [2.05, 4.69) is 124 Å². The summed E-state index contributed by atoms with van der Waals surface area (Å²) in [4.78, 5) is 2.46. The Hall–Kier alpha value is -3.18. The maximum Gasteiger partial charge on any atom is 0.209 e. The summed E-state index contributed by atoms with van der Waals surface area (Å²) in [6.07, 6.45) is 15.1. The zero-order valence-electron chi connectivity index (χ0n) is 27.8. The molecule has 0 saturated heterocycles. The fraction of sp³-hybridized carbons (Fsp3) is 0.410. The van der Waals surface area contributed by atoms with E-state index in [1.165, 1.54) is 45.0 Å². The zero-order chi connectivity index (χ0) is 31.6. The standard InChI is InChI=1S/C39H48ClN2O2/c1-27-11-17-33-31(25-27)38(3,4)35(41(33)21-9-23-43-7)19-15-29-13-14-30(37(29)40)16-20-36-39(5,6)32-26-28(2)12-18-34(32)42(36)22-10-24-44-8/h11-20,25-26H,9-10,21-24H2,1-8H3/q+1. The topological polar surface area (TPSA) is 24.7 Å². The molecule has 232 valence electrons. The second kappa shape index (κ2) is 13.0. The van der Waals surface area contributed by atoms with Crippen molar-refractivity contribution in [3.05, 3.63) is 117 Å². The van der Waals surface area contributed by atoms with Gasteiger partial charge in [-0.05, 0) is 75.1 Å². The summed E-state index contributed by atoms with van der Waals surface area (Å²) < 4.78 is 13.2. The van der Waals surface area contributed by atoms with E-state index in [0.29, 0.717) is 0 Å². The number of methoxy groups -OCH3 is 2. The molecule has 0 amide bonds. The van der Waals surface area contributed by atoms with Gasteiger partial charge in [-0.3, -0.25) is 0 Å². The van der Waals surface area contributed by atoms with Gasteiger partial charge >= 0.3 is 0 Å². The fourth-order valence-corrected chi connectivity index (χ4v) is 7.13. The van der Waals surface area contributed by atoms with Crippen molar-refractivity contribution >= 4 is 28.7 Å². The van der Waals surface area contributed by atoms with Gasteiger partial charge in [0.05, 0.1) is 17.1 Å². The second-order valence-electron chi connectivity index (χ2n) is 13.3. The van der Waals surface area contributed by atoms with Crippen LogP contribution in [-0.2, 0) is 20.3 Å². The first-order valence-corrected chi connectivity index (χ1v) is 16.2. The number of nitrogens with zero attached hydrogens (tertiary/aromatic N) is 2. The van der Waals surface area contributed by atoms with Crippen LogP contribution in [0.5, 0.6) is 0 Å². The zero-order valence-corrected chi connectivity index (χ0v) is 28.5. The minimum Gasteiger partial charge on any atom is -0.385 e. The first-order chi connectivity index (χ1) is 21.0. The second-order valence-corrected chi connectivity index (χ2v) is 13.7. The van der Waals surface area contributed by atoms with E-state index >= 15 is 0 Å². The molecule has 0 saturated carbocycles. The molecular weight excluding hydrogens is 564 g/mol. The van der Waals surface area contributed by atoms with Crippen LogP contribution in [0.1, 0.15) is 62.8 Å². The maximum atomic E-state index is 7.05. The predicted molar refractivity (Wildman–Crippen MR) is 186 cm³/mol. The predicted octanol–water partition coefficient (Wildman–Crippen LogP) is 8.98. The molecular formula is C39H48ClN2O2+. The van der Waals surface area contributed by atoms with E-state index in [1.807, 2.05) is 0 Å². The Kier molecular flexibility index (Phi) is 9.55.